The summed E-state index contributed by atoms with van der Waals surface area (Å²) in [6, 6.07) is 63.7. The van der Waals surface area contributed by atoms with E-state index in [9.17, 15) is 4.79 Å². The lowest BCUT2D eigenvalue weighted by Crippen LogP contribution is -2.22. The van der Waals surface area contributed by atoms with E-state index in [0.29, 0.717) is 0 Å². The van der Waals surface area contributed by atoms with Crippen molar-refractivity contribution in [3.05, 3.63) is 192 Å². The first-order valence-corrected chi connectivity index (χ1v) is 17.0. The maximum absolute atomic E-state index is 14.4. The second kappa shape index (κ2) is 11.2. The molecular formula is C47H30N2O. The minimum atomic E-state index is -0.0917. The van der Waals surface area contributed by atoms with Gasteiger partial charge >= 0.3 is 5.69 Å². The summed E-state index contributed by atoms with van der Waals surface area (Å²) in [5, 5.41) is 9.41. The zero-order valence-corrected chi connectivity index (χ0v) is 27.1. The zero-order chi connectivity index (χ0) is 33.2. The second-order valence-electron chi connectivity index (χ2n) is 12.9. The Bertz CT molecular complexity index is 2950. The molecule has 3 heteroatoms. The van der Waals surface area contributed by atoms with Crippen LogP contribution in [0.5, 0.6) is 0 Å². The molecule has 0 fully saturated rings. The topological polar surface area (TPSA) is 26.9 Å². The number of para-hydroxylation sites is 3. The first-order valence-electron chi connectivity index (χ1n) is 17.0. The van der Waals surface area contributed by atoms with Crippen LogP contribution in [0, 0.1) is 0 Å². The molecule has 0 spiro atoms. The molecule has 9 aromatic carbocycles. The van der Waals surface area contributed by atoms with Crippen LogP contribution in [-0.2, 0) is 0 Å². The van der Waals surface area contributed by atoms with Gasteiger partial charge in [-0.15, -0.1) is 0 Å². The van der Waals surface area contributed by atoms with Crippen LogP contribution in [0.15, 0.2) is 187 Å². The highest BCUT2D eigenvalue weighted by Gasteiger charge is 2.21. The van der Waals surface area contributed by atoms with Crippen molar-refractivity contribution in [3.8, 4) is 33.6 Å². The maximum Gasteiger partial charge on any atom is 0.338 e. The van der Waals surface area contributed by atoms with Crippen LogP contribution in [0.1, 0.15) is 0 Å². The number of nitrogens with zero attached hydrogens (tertiary/aromatic N) is 2. The van der Waals surface area contributed by atoms with Gasteiger partial charge in [-0.1, -0.05) is 146 Å². The molecule has 50 heavy (non-hydrogen) atoms. The molecule has 234 valence electrons. The van der Waals surface area contributed by atoms with E-state index in [1.165, 1.54) is 49.0 Å². The Morgan fingerprint density at radius 3 is 1.56 bits per heavy atom. The molecule has 0 N–H and O–H groups in total. The van der Waals surface area contributed by atoms with Crippen molar-refractivity contribution in [2.45, 2.75) is 0 Å². The van der Waals surface area contributed by atoms with Crippen molar-refractivity contribution >= 4 is 54.1 Å². The van der Waals surface area contributed by atoms with Crippen molar-refractivity contribution in [3.63, 3.8) is 0 Å². The number of rotatable bonds is 4. The van der Waals surface area contributed by atoms with Gasteiger partial charge in [-0.25, -0.2) is 4.79 Å². The van der Waals surface area contributed by atoms with Gasteiger partial charge in [0, 0.05) is 5.39 Å². The lowest BCUT2D eigenvalue weighted by Gasteiger charge is -2.20. The number of imidazole rings is 1. The van der Waals surface area contributed by atoms with Crippen molar-refractivity contribution < 1.29 is 0 Å². The highest BCUT2D eigenvalue weighted by Crippen LogP contribution is 2.46. The average Bonchev–Trinajstić information content (AvgIpc) is 3.48. The number of benzene rings is 9. The van der Waals surface area contributed by atoms with Crippen LogP contribution >= 0.6 is 0 Å². The van der Waals surface area contributed by atoms with Crippen LogP contribution in [-0.4, -0.2) is 9.13 Å². The van der Waals surface area contributed by atoms with Crippen molar-refractivity contribution in [1.82, 2.24) is 9.13 Å². The number of hydrogen-bond acceptors (Lipinski definition) is 1. The quantitative estimate of drug-likeness (QED) is 0.176. The summed E-state index contributed by atoms with van der Waals surface area (Å²) in [6.45, 7) is 0. The minimum Gasteiger partial charge on any atom is -0.260 e. The first-order chi connectivity index (χ1) is 24.8. The zero-order valence-electron chi connectivity index (χ0n) is 27.1. The van der Waals surface area contributed by atoms with E-state index in [4.69, 9.17) is 0 Å². The predicted octanol–water partition coefficient (Wildman–Crippen LogP) is 11.7. The van der Waals surface area contributed by atoms with Crippen LogP contribution in [0.2, 0.25) is 0 Å². The normalized spacial score (nSPS) is 11.7. The molecule has 0 amide bonds. The molecular weight excluding hydrogens is 609 g/mol. The molecule has 0 unspecified atom stereocenters. The van der Waals surface area contributed by atoms with Crippen molar-refractivity contribution in [1.29, 1.82) is 0 Å². The first kappa shape index (κ1) is 28.3. The Labute approximate surface area is 288 Å². The summed E-state index contributed by atoms with van der Waals surface area (Å²) >= 11 is 0. The Morgan fingerprint density at radius 1 is 0.360 bits per heavy atom. The molecule has 10 rings (SSSR count). The average molecular weight is 639 g/mol. The molecule has 0 atom stereocenters. The van der Waals surface area contributed by atoms with E-state index in [2.05, 4.69) is 127 Å². The van der Waals surface area contributed by atoms with Gasteiger partial charge in [0.05, 0.1) is 22.4 Å². The third-order valence-corrected chi connectivity index (χ3v) is 10.1. The fourth-order valence-corrected chi connectivity index (χ4v) is 7.98. The van der Waals surface area contributed by atoms with Gasteiger partial charge in [-0.3, -0.25) is 9.13 Å². The van der Waals surface area contributed by atoms with Gasteiger partial charge < -0.3 is 0 Å². The van der Waals surface area contributed by atoms with E-state index in [1.54, 1.807) is 0 Å². The molecule has 0 radical (unpaired) electrons. The summed E-state index contributed by atoms with van der Waals surface area (Å²) in [4.78, 5) is 14.4. The van der Waals surface area contributed by atoms with E-state index >= 15 is 0 Å². The molecule has 0 aliphatic rings. The Morgan fingerprint density at radius 2 is 0.880 bits per heavy atom. The second-order valence-corrected chi connectivity index (χ2v) is 12.9. The monoisotopic (exact) mass is 638 g/mol. The molecule has 10 aromatic rings. The van der Waals surface area contributed by atoms with Gasteiger partial charge in [0.2, 0.25) is 0 Å². The van der Waals surface area contributed by atoms with E-state index in [0.717, 1.165) is 38.7 Å². The van der Waals surface area contributed by atoms with E-state index in [-0.39, 0.29) is 5.69 Å². The third kappa shape index (κ3) is 4.20. The van der Waals surface area contributed by atoms with Gasteiger partial charge in [-0.05, 0) is 96.4 Å². The predicted molar refractivity (Wildman–Crippen MR) is 210 cm³/mol. The van der Waals surface area contributed by atoms with E-state index in [1.807, 2.05) is 63.7 Å². The molecule has 1 aromatic heterocycles. The molecule has 0 aliphatic heterocycles. The molecule has 1 heterocycles. The summed E-state index contributed by atoms with van der Waals surface area (Å²) in [7, 11) is 0. The Hall–Kier alpha value is -6.71. The highest BCUT2D eigenvalue weighted by molar-refractivity contribution is 6.24. The highest BCUT2D eigenvalue weighted by atomic mass is 16.1. The Kier molecular flexibility index (Phi) is 6.33. The van der Waals surface area contributed by atoms with Gasteiger partial charge in [0.15, 0.2) is 0 Å². The summed E-state index contributed by atoms with van der Waals surface area (Å²) in [5.74, 6) is 0. The van der Waals surface area contributed by atoms with Crippen molar-refractivity contribution in [2.75, 3.05) is 0 Å². The Balaban J connectivity index is 1.27. The minimum absolute atomic E-state index is 0.0917. The van der Waals surface area contributed by atoms with Crippen molar-refractivity contribution in [2.24, 2.45) is 0 Å². The molecule has 0 aliphatic carbocycles. The molecule has 0 saturated heterocycles. The fraction of sp³-hybridized carbons (Fsp3) is 0. The van der Waals surface area contributed by atoms with E-state index < -0.39 is 0 Å². The smallest absolute Gasteiger partial charge is 0.260 e. The summed E-state index contributed by atoms with van der Waals surface area (Å²) < 4.78 is 3.68. The lowest BCUT2D eigenvalue weighted by atomic mass is 9.84. The SMILES string of the molecule is O=c1n(-c2ccccc2)c2ccccc2n1-c1ccc(-c2c3ccccc3c(-c3ccc4ccccc4c3)c3ccccc23)c2ccccc12. The van der Waals surface area contributed by atoms with Crippen LogP contribution < -0.4 is 5.69 Å². The molecule has 0 bridgehead atoms. The molecule has 0 saturated carbocycles. The van der Waals surface area contributed by atoms with Crippen LogP contribution in [0.3, 0.4) is 0 Å². The number of aromatic nitrogens is 2. The summed E-state index contributed by atoms with van der Waals surface area (Å²) in [6.07, 6.45) is 0. The van der Waals surface area contributed by atoms with Gasteiger partial charge in [-0.2, -0.15) is 0 Å². The van der Waals surface area contributed by atoms with Crippen LogP contribution in [0.4, 0.5) is 0 Å². The fourth-order valence-electron chi connectivity index (χ4n) is 7.98. The van der Waals surface area contributed by atoms with Gasteiger partial charge in [0.1, 0.15) is 0 Å². The number of hydrogen-bond donors (Lipinski definition) is 0. The van der Waals surface area contributed by atoms with Gasteiger partial charge in [0.25, 0.3) is 0 Å². The van der Waals surface area contributed by atoms with Crippen LogP contribution in [0.25, 0.3) is 87.8 Å². The largest absolute Gasteiger partial charge is 0.338 e. The lowest BCUT2D eigenvalue weighted by molar-refractivity contribution is 0.935. The molecule has 3 nitrogen and oxygen atoms in total. The third-order valence-electron chi connectivity index (χ3n) is 10.1. The summed E-state index contributed by atoms with van der Waals surface area (Å²) in [5.41, 5.74) is 8.14. The number of fused-ring (bicyclic) bond motifs is 5. The standard InChI is InChI=1S/C47H30N2O/c50-47-48(34-16-2-1-3-17-34)43-24-12-13-25-44(43)49(47)42-29-28-41(35-18-6-7-19-36(35)42)46-39-22-10-8-20-37(39)45(38-21-9-11-23-40(38)46)33-27-26-31-14-4-5-15-32(31)30-33/h1-30H. The maximum atomic E-state index is 14.4.